The molecular formula is C13H13N5OS2. The Morgan fingerprint density at radius 2 is 2.19 bits per heavy atom. The van der Waals surface area contributed by atoms with Gasteiger partial charge in [0.05, 0.1) is 10.9 Å². The summed E-state index contributed by atoms with van der Waals surface area (Å²) in [6.45, 7) is 0. The summed E-state index contributed by atoms with van der Waals surface area (Å²) < 4.78 is 0.905. The summed E-state index contributed by atoms with van der Waals surface area (Å²) in [5.74, 6) is 1.49. The molecule has 3 rings (SSSR count). The van der Waals surface area contributed by atoms with Crippen molar-refractivity contribution in [1.29, 1.82) is 0 Å². The van der Waals surface area contributed by atoms with Crippen molar-refractivity contribution in [2.75, 3.05) is 18.1 Å². The molecule has 0 fully saturated rings. The topological polar surface area (TPSA) is 83.6 Å². The summed E-state index contributed by atoms with van der Waals surface area (Å²) in [7, 11) is 1.82. The summed E-state index contributed by atoms with van der Waals surface area (Å²) in [6.07, 6.45) is 0.680. The number of nitrogens with zero attached hydrogens (tertiary/aromatic N) is 3. The van der Waals surface area contributed by atoms with Crippen LogP contribution in [0.3, 0.4) is 0 Å². The second kappa shape index (κ2) is 6.23. The number of fused-ring (bicyclic) bond motifs is 1. The quantitative estimate of drug-likeness (QED) is 0.701. The van der Waals surface area contributed by atoms with Crippen molar-refractivity contribution < 1.29 is 0 Å². The van der Waals surface area contributed by atoms with Crippen LogP contribution in [0, 0.1) is 0 Å². The van der Waals surface area contributed by atoms with Crippen LogP contribution in [0.15, 0.2) is 33.4 Å². The highest BCUT2D eigenvalue weighted by Crippen LogP contribution is 2.25. The zero-order chi connectivity index (χ0) is 14.7. The monoisotopic (exact) mass is 319 g/mol. The van der Waals surface area contributed by atoms with E-state index in [9.17, 15) is 4.79 Å². The first-order valence-corrected chi connectivity index (χ1v) is 8.18. The highest BCUT2D eigenvalue weighted by Gasteiger charge is 2.06. The lowest BCUT2D eigenvalue weighted by Gasteiger charge is -2.01. The Labute approximate surface area is 129 Å². The number of aromatic amines is 1. The number of rotatable bonds is 5. The Balaban J connectivity index is 1.69. The van der Waals surface area contributed by atoms with Crippen LogP contribution in [0.1, 0.15) is 5.82 Å². The predicted octanol–water partition coefficient (Wildman–Crippen LogP) is 2.15. The van der Waals surface area contributed by atoms with Gasteiger partial charge in [0.25, 0.3) is 5.56 Å². The number of para-hydroxylation sites is 1. The molecule has 0 aliphatic carbocycles. The standard InChI is InChI=1S/C13H13N5OS2/c1-14-12-17-18-13(21-12)20-7-6-10-15-9-5-3-2-4-8(9)11(19)16-10/h2-5H,6-7H2,1H3,(H,14,17)(H,15,16,19). The smallest absolute Gasteiger partial charge is 0.258 e. The van der Waals surface area contributed by atoms with Crippen molar-refractivity contribution in [3.05, 3.63) is 40.4 Å². The Morgan fingerprint density at radius 3 is 3.00 bits per heavy atom. The van der Waals surface area contributed by atoms with E-state index >= 15 is 0 Å². The Hall–Kier alpha value is -1.93. The highest BCUT2D eigenvalue weighted by atomic mass is 32.2. The summed E-state index contributed by atoms with van der Waals surface area (Å²) >= 11 is 3.12. The average Bonchev–Trinajstić information content (AvgIpc) is 2.95. The fraction of sp³-hybridized carbons (Fsp3) is 0.231. The second-order valence-corrected chi connectivity index (χ2v) is 6.57. The molecule has 0 aliphatic rings. The highest BCUT2D eigenvalue weighted by molar-refractivity contribution is 8.01. The zero-order valence-corrected chi connectivity index (χ0v) is 12.9. The summed E-state index contributed by atoms with van der Waals surface area (Å²) in [4.78, 5) is 19.2. The third-order valence-electron chi connectivity index (χ3n) is 2.85. The number of anilines is 1. The van der Waals surface area contributed by atoms with E-state index in [0.29, 0.717) is 17.6 Å². The van der Waals surface area contributed by atoms with E-state index in [0.717, 1.165) is 20.7 Å². The molecule has 0 radical (unpaired) electrons. The van der Waals surface area contributed by atoms with E-state index in [2.05, 4.69) is 25.5 Å². The maximum atomic E-state index is 11.9. The molecule has 1 aromatic carbocycles. The molecule has 3 aromatic rings. The molecule has 21 heavy (non-hydrogen) atoms. The number of hydrogen-bond acceptors (Lipinski definition) is 7. The van der Waals surface area contributed by atoms with Crippen LogP contribution < -0.4 is 10.9 Å². The van der Waals surface area contributed by atoms with E-state index < -0.39 is 0 Å². The van der Waals surface area contributed by atoms with Crippen molar-refractivity contribution in [3.8, 4) is 0 Å². The van der Waals surface area contributed by atoms with E-state index in [1.807, 2.05) is 25.2 Å². The number of benzene rings is 1. The van der Waals surface area contributed by atoms with Crippen LogP contribution in [0.2, 0.25) is 0 Å². The van der Waals surface area contributed by atoms with E-state index in [4.69, 9.17) is 0 Å². The van der Waals surface area contributed by atoms with E-state index in [-0.39, 0.29) is 5.56 Å². The van der Waals surface area contributed by atoms with Gasteiger partial charge in [-0.25, -0.2) is 4.98 Å². The van der Waals surface area contributed by atoms with Gasteiger partial charge in [0, 0.05) is 19.2 Å². The molecule has 108 valence electrons. The van der Waals surface area contributed by atoms with Crippen molar-refractivity contribution in [3.63, 3.8) is 0 Å². The van der Waals surface area contributed by atoms with Crippen molar-refractivity contribution in [1.82, 2.24) is 20.2 Å². The van der Waals surface area contributed by atoms with Gasteiger partial charge in [-0.2, -0.15) is 0 Å². The molecule has 8 heteroatoms. The maximum Gasteiger partial charge on any atom is 0.258 e. The van der Waals surface area contributed by atoms with E-state index in [1.165, 1.54) is 11.3 Å². The summed E-state index contributed by atoms with van der Waals surface area (Å²) in [5.41, 5.74) is 0.642. The molecular weight excluding hydrogens is 306 g/mol. The molecule has 0 atom stereocenters. The zero-order valence-electron chi connectivity index (χ0n) is 11.3. The van der Waals surface area contributed by atoms with E-state index in [1.54, 1.807) is 17.8 Å². The molecule has 0 unspecified atom stereocenters. The number of thioether (sulfide) groups is 1. The third-order valence-corrected chi connectivity index (χ3v) is 4.92. The van der Waals surface area contributed by atoms with Crippen LogP contribution in [0.4, 0.5) is 5.13 Å². The van der Waals surface area contributed by atoms with Gasteiger partial charge in [-0.05, 0) is 12.1 Å². The molecule has 0 saturated heterocycles. The van der Waals surface area contributed by atoms with Gasteiger partial charge in [-0.1, -0.05) is 35.2 Å². The molecule has 0 bridgehead atoms. The molecule has 0 saturated carbocycles. The van der Waals surface area contributed by atoms with Crippen LogP contribution >= 0.6 is 23.1 Å². The molecule has 2 N–H and O–H groups in total. The van der Waals surface area contributed by atoms with Gasteiger partial charge < -0.3 is 10.3 Å². The van der Waals surface area contributed by atoms with Gasteiger partial charge in [-0.3, -0.25) is 4.79 Å². The molecule has 6 nitrogen and oxygen atoms in total. The van der Waals surface area contributed by atoms with Crippen LogP contribution in [0.25, 0.3) is 10.9 Å². The minimum atomic E-state index is -0.0889. The number of aromatic nitrogens is 4. The lowest BCUT2D eigenvalue weighted by Crippen LogP contribution is -2.12. The SMILES string of the molecule is CNc1nnc(SCCc2nc3ccccc3c(=O)[nH]2)s1. The molecule has 0 amide bonds. The third kappa shape index (κ3) is 3.22. The van der Waals surface area contributed by atoms with Crippen molar-refractivity contribution in [2.45, 2.75) is 10.8 Å². The fourth-order valence-electron chi connectivity index (χ4n) is 1.86. The molecule has 0 aliphatic heterocycles. The lowest BCUT2D eigenvalue weighted by molar-refractivity contribution is 0.948. The number of nitrogens with one attached hydrogen (secondary N) is 2. The van der Waals surface area contributed by atoms with Crippen LogP contribution in [-0.2, 0) is 6.42 Å². The fourth-order valence-corrected chi connectivity index (χ4v) is 3.58. The molecule has 2 heterocycles. The van der Waals surface area contributed by atoms with Crippen molar-refractivity contribution >= 4 is 39.1 Å². The minimum absolute atomic E-state index is 0.0889. The predicted molar refractivity (Wildman–Crippen MR) is 86.2 cm³/mol. The first kappa shape index (κ1) is 14.0. The Kier molecular flexibility index (Phi) is 4.16. The minimum Gasteiger partial charge on any atom is -0.363 e. The number of hydrogen-bond donors (Lipinski definition) is 2. The largest absolute Gasteiger partial charge is 0.363 e. The van der Waals surface area contributed by atoms with Crippen LogP contribution in [0.5, 0.6) is 0 Å². The van der Waals surface area contributed by atoms with Gasteiger partial charge >= 0.3 is 0 Å². The second-order valence-electron chi connectivity index (χ2n) is 4.25. The first-order valence-electron chi connectivity index (χ1n) is 6.38. The van der Waals surface area contributed by atoms with Gasteiger partial charge in [0.15, 0.2) is 4.34 Å². The Morgan fingerprint density at radius 1 is 1.33 bits per heavy atom. The summed E-state index contributed by atoms with van der Waals surface area (Å²) in [6, 6.07) is 7.35. The Bertz CT molecular complexity index is 813. The molecule has 0 spiro atoms. The van der Waals surface area contributed by atoms with Crippen LogP contribution in [-0.4, -0.2) is 33.0 Å². The summed E-state index contributed by atoms with van der Waals surface area (Å²) in [5, 5.41) is 12.4. The normalized spacial score (nSPS) is 10.9. The number of aryl methyl sites for hydroxylation is 1. The first-order chi connectivity index (χ1) is 10.3. The van der Waals surface area contributed by atoms with Crippen molar-refractivity contribution in [2.24, 2.45) is 0 Å². The molecule has 2 aromatic heterocycles. The lowest BCUT2D eigenvalue weighted by atomic mass is 10.2. The van der Waals surface area contributed by atoms with Gasteiger partial charge in [0.1, 0.15) is 5.82 Å². The maximum absolute atomic E-state index is 11.9. The average molecular weight is 319 g/mol. The number of H-pyrrole nitrogens is 1. The van der Waals surface area contributed by atoms with Gasteiger partial charge in [-0.15, -0.1) is 10.2 Å². The van der Waals surface area contributed by atoms with Gasteiger partial charge in [0.2, 0.25) is 5.13 Å².